The molecule has 0 amide bonds. The first-order valence-electron chi connectivity index (χ1n) is 19.6. The van der Waals surface area contributed by atoms with Crippen molar-refractivity contribution >= 4 is 23.9 Å². The standard InChI is InChI=1S/C31H29F2NO3.C18H14O8/c32-27-18-10-17-25(29(27)33)30(34)21-36-28(26(30)19-35)20-37-31(22-11-4-1-5-12-22,23-13-6-2-7-14-23)24-15-8-3-9-16-24;19-15(20)13(25-17(23)11-7-3-1-4-8-11)14(16(21)22)26-18(24)12-9-5-2-6-10-12/h1-18,26,28,35H,19-21,34H2;1-10,13-14H,(H,19,20)(H,21,22)/t26-,28-,30-;/m1./s1. The molecule has 1 heterocycles. The SMILES string of the molecule is N[C@@]1(c2cccc(F)c2F)CO[C@H](COC(c2ccccc2)(c2ccccc2)c2ccccc2)[C@H]1CO.O=C(OC(C(=O)O)C(OC(=O)c1ccccc1)C(=O)O)c1ccccc1. The Morgan fingerprint density at radius 3 is 1.41 bits per heavy atom. The van der Waals surface area contributed by atoms with Crippen LogP contribution in [0, 0.1) is 17.6 Å². The molecule has 0 saturated carbocycles. The number of aliphatic hydroxyl groups is 1. The molecule has 0 radical (unpaired) electrons. The highest BCUT2D eigenvalue weighted by Gasteiger charge is 2.51. The average molecular weight is 860 g/mol. The second-order valence-electron chi connectivity index (χ2n) is 14.4. The first kappa shape index (κ1) is 45.4. The Morgan fingerprint density at radius 2 is 1.03 bits per heavy atom. The topological polar surface area (TPSA) is 192 Å². The molecule has 63 heavy (non-hydrogen) atoms. The summed E-state index contributed by atoms with van der Waals surface area (Å²) in [6.07, 6.45) is -5.09. The molecule has 324 valence electrons. The lowest BCUT2D eigenvalue weighted by Crippen LogP contribution is -2.48. The summed E-state index contributed by atoms with van der Waals surface area (Å²) in [5, 5.41) is 28.8. The van der Waals surface area contributed by atoms with E-state index in [2.05, 4.69) is 0 Å². The van der Waals surface area contributed by atoms with Crippen molar-refractivity contribution in [3.63, 3.8) is 0 Å². The molecule has 2 unspecified atom stereocenters. The second kappa shape index (κ2) is 20.6. The van der Waals surface area contributed by atoms with Gasteiger partial charge in [-0.3, -0.25) is 0 Å². The largest absolute Gasteiger partial charge is 0.478 e. The van der Waals surface area contributed by atoms with Crippen molar-refractivity contribution in [2.75, 3.05) is 19.8 Å². The molecule has 5 atom stereocenters. The summed E-state index contributed by atoms with van der Waals surface area (Å²) < 4.78 is 51.2. The number of halogens is 2. The van der Waals surface area contributed by atoms with E-state index in [1.807, 2.05) is 91.0 Å². The van der Waals surface area contributed by atoms with Crippen LogP contribution in [-0.2, 0) is 39.7 Å². The quantitative estimate of drug-likeness (QED) is 0.0629. The van der Waals surface area contributed by atoms with E-state index in [-0.39, 0.29) is 36.5 Å². The highest BCUT2D eigenvalue weighted by atomic mass is 19.2. The highest BCUT2D eigenvalue weighted by molar-refractivity contribution is 5.95. The lowest BCUT2D eigenvalue weighted by atomic mass is 9.78. The van der Waals surface area contributed by atoms with Crippen LogP contribution in [0.2, 0.25) is 0 Å². The molecule has 1 saturated heterocycles. The van der Waals surface area contributed by atoms with E-state index in [4.69, 9.17) is 24.7 Å². The Labute approximate surface area is 361 Å². The number of carbonyl (C=O) groups is 4. The van der Waals surface area contributed by atoms with Crippen LogP contribution in [0.15, 0.2) is 170 Å². The first-order valence-corrected chi connectivity index (χ1v) is 19.6. The zero-order valence-corrected chi connectivity index (χ0v) is 33.5. The number of rotatable bonds is 15. The van der Waals surface area contributed by atoms with Gasteiger partial charge in [-0.1, -0.05) is 140 Å². The molecular formula is C49H43F2NO11. The minimum Gasteiger partial charge on any atom is -0.478 e. The number of carboxylic acid groups (broad SMARTS) is 2. The summed E-state index contributed by atoms with van der Waals surface area (Å²) in [7, 11) is 0. The summed E-state index contributed by atoms with van der Waals surface area (Å²) in [5.74, 6) is -8.37. The van der Waals surface area contributed by atoms with Crippen LogP contribution in [0.4, 0.5) is 8.78 Å². The zero-order valence-electron chi connectivity index (χ0n) is 33.5. The van der Waals surface area contributed by atoms with Gasteiger partial charge in [0, 0.05) is 11.5 Å². The van der Waals surface area contributed by atoms with Crippen LogP contribution >= 0.6 is 0 Å². The van der Waals surface area contributed by atoms with Crippen molar-refractivity contribution in [2.24, 2.45) is 11.7 Å². The van der Waals surface area contributed by atoms with Crippen LogP contribution in [0.3, 0.4) is 0 Å². The van der Waals surface area contributed by atoms with Crippen molar-refractivity contribution in [3.8, 4) is 0 Å². The van der Waals surface area contributed by atoms with Crippen LogP contribution in [-0.4, -0.2) is 77.3 Å². The Bertz CT molecular complexity index is 2300. The molecule has 7 rings (SSSR count). The molecule has 6 aromatic carbocycles. The predicted octanol–water partition coefficient (Wildman–Crippen LogP) is 6.74. The molecule has 0 aromatic heterocycles. The lowest BCUT2D eigenvalue weighted by Gasteiger charge is -2.37. The third-order valence-corrected chi connectivity index (χ3v) is 10.6. The van der Waals surface area contributed by atoms with Gasteiger partial charge in [-0.2, -0.15) is 0 Å². The summed E-state index contributed by atoms with van der Waals surface area (Å²) in [5.41, 5.74) is 7.00. The number of carboxylic acids is 2. The minimum atomic E-state index is -2.21. The number of aliphatic hydroxyl groups excluding tert-OH is 1. The second-order valence-corrected chi connectivity index (χ2v) is 14.4. The normalized spacial score (nSPS) is 17.9. The third kappa shape index (κ3) is 10.2. The van der Waals surface area contributed by atoms with Gasteiger partial charge >= 0.3 is 23.9 Å². The van der Waals surface area contributed by atoms with Crippen molar-refractivity contribution in [1.29, 1.82) is 0 Å². The van der Waals surface area contributed by atoms with E-state index in [9.17, 15) is 43.3 Å². The first-order chi connectivity index (χ1) is 30.4. The van der Waals surface area contributed by atoms with Crippen LogP contribution in [0.5, 0.6) is 0 Å². The van der Waals surface area contributed by atoms with Gasteiger partial charge in [-0.25, -0.2) is 28.0 Å². The number of benzene rings is 6. The lowest BCUT2D eigenvalue weighted by molar-refractivity contribution is -0.166. The van der Waals surface area contributed by atoms with E-state index in [0.29, 0.717) is 0 Å². The maximum Gasteiger partial charge on any atom is 0.349 e. The highest BCUT2D eigenvalue weighted by Crippen LogP contribution is 2.43. The van der Waals surface area contributed by atoms with Crippen LogP contribution in [0.25, 0.3) is 0 Å². The number of aliphatic carboxylic acids is 2. The van der Waals surface area contributed by atoms with Gasteiger partial charge in [0.15, 0.2) is 11.6 Å². The Balaban J connectivity index is 0.000000224. The number of nitrogens with two attached hydrogens (primary N) is 1. The Morgan fingerprint density at radius 1 is 0.635 bits per heavy atom. The maximum absolute atomic E-state index is 14.8. The molecule has 12 nitrogen and oxygen atoms in total. The Kier molecular flexibility index (Phi) is 14.9. The van der Waals surface area contributed by atoms with Gasteiger partial charge < -0.3 is 40.0 Å². The van der Waals surface area contributed by atoms with E-state index in [1.54, 1.807) is 12.1 Å². The summed E-state index contributed by atoms with van der Waals surface area (Å²) >= 11 is 0. The molecule has 1 fully saturated rings. The van der Waals surface area contributed by atoms with Crippen LogP contribution in [0.1, 0.15) is 43.0 Å². The fourth-order valence-corrected chi connectivity index (χ4v) is 7.36. The molecule has 1 aliphatic heterocycles. The molecule has 6 aromatic rings. The van der Waals surface area contributed by atoms with Gasteiger partial charge in [0.05, 0.1) is 42.6 Å². The predicted molar refractivity (Wildman–Crippen MR) is 224 cm³/mol. The fraction of sp³-hybridized carbons (Fsp3) is 0.184. The smallest absolute Gasteiger partial charge is 0.349 e. The van der Waals surface area contributed by atoms with Gasteiger partial charge in [0.1, 0.15) is 5.60 Å². The minimum absolute atomic E-state index is 0.0190. The van der Waals surface area contributed by atoms with Gasteiger partial charge in [0.25, 0.3) is 0 Å². The van der Waals surface area contributed by atoms with Crippen molar-refractivity contribution in [2.45, 2.75) is 29.5 Å². The maximum atomic E-state index is 14.8. The van der Waals surface area contributed by atoms with E-state index in [0.717, 1.165) is 22.8 Å². The van der Waals surface area contributed by atoms with E-state index in [1.165, 1.54) is 60.7 Å². The summed E-state index contributed by atoms with van der Waals surface area (Å²) in [6.45, 7) is -0.406. The van der Waals surface area contributed by atoms with Gasteiger partial charge in [0.2, 0.25) is 12.2 Å². The Hall–Kier alpha value is -7.10. The van der Waals surface area contributed by atoms with E-state index >= 15 is 0 Å². The number of carbonyl (C=O) groups excluding carboxylic acids is 2. The third-order valence-electron chi connectivity index (χ3n) is 10.6. The van der Waals surface area contributed by atoms with Crippen LogP contribution < -0.4 is 5.73 Å². The van der Waals surface area contributed by atoms with Gasteiger partial charge in [-0.15, -0.1) is 0 Å². The average Bonchev–Trinajstić information content (AvgIpc) is 3.65. The molecular weight excluding hydrogens is 817 g/mol. The number of ether oxygens (including phenoxy) is 4. The summed E-state index contributed by atoms with van der Waals surface area (Å²) in [6, 6.07) is 48.4. The van der Waals surface area contributed by atoms with Crippen molar-refractivity contribution in [1.82, 2.24) is 0 Å². The molecule has 0 bridgehead atoms. The fourth-order valence-electron chi connectivity index (χ4n) is 7.36. The molecule has 1 aliphatic rings. The number of hydrogen-bond acceptors (Lipinski definition) is 10. The van der Waals surface area contributed by atoms with Crippen molar-refractivity contribution in [3.05, 3.63) is 215 Å². The monoisotopic (exact) mass is 859 g/mol. The number of hydrogen-bond donors (Lipinski definition) is 4. The van der Waals surface area contributed by atoms with Gasteiger partial charge in [-0.05, 0) is 47.0 Å². The summed E-state index contributed by atoms with van der Waals surface area (Å²) in [4.78, 5) is 46.8. The van der Waals surface area contributed by atoms with E-state index < -0.39 is 70.9 Å². The molecule has 5 N–H and O–H groups in total. The molecule has 0 aliphatic carbocycles. The van der Waals surface area contributed by atoms with Crippen molar-refractivity contribution < 1.29 is 62.2 Å². The number of esters is 2. The molecule has 0 spiro atoms. The zero-order chi connectivity index (χ0) is 45.0. The molecule has 14 heteroatoms.